The van der Waals surface area contributed by atoms with Gasteiger partial charge in [0.25, 0.3) is 5.69 Å². The Balaban J connectivity index is 1.33. The van der Waals surface area contributed by atoms with Crippen LogP contribution in [0.4, 0.5) is 22.9 Å². The minimum Gasteiger partial charge on any atom is -0.368 e. The Hall–Kier alpha value is -4.99. The van der Waals surface area contributed by atoms with Crippen LogP contribution in [-0.2, 0) is 0 Å². The fourth-order valence-electron chi connectivity index (χ4n) is 4.92. The normalized spacial score (nSPS) is 14.4. The van der Waals surface area contributed by atoms with Gasteiger partial charge >= 0.3 is 0 Å². The smallest absolute Gasteiger partial charge is 0.292 e. The lowest BCUT2D eigenvalue weighted by Crippen LogP contribution is -2.46. The van der Waals surface area contributed by atoms with Crippen LogP contribution in [0.1, 0.15) is 11.7 Å². The average Bonchev–Trinajstić information content (AvgIpc) is 3.41. The minimum atomic E-state index is -0.556. The first-order valence-electron chi connectivity index (χ1n) is 12.5. The number of fused-ring (bicyclic) bond motifs is 1. The maximum Gasteiger partial charge on any atom is 0.292 e. The summed E-state index contributed by atoms with van der Waals surface area (Å²) in [6.07, 6.45) is 1.14. The molecule has 1 aliphatic rings. The molecular weight excluding hydrogens is 480 g/mol. The number of nitro benzene ring substituents is 1. The van der Waals surface area contributed by atoms with Crippen LogP contribution in [0.2, 0.25) is 0 Å². The maximum atomic E-state index is 12.3. The summed E-state index contributed by atoms with van der Waals surface area (Å²) in [7, 11) is 0. The Morgan fingerprint density at radius 2 is 1.58 bits per heavy atom. The molecule has 0 aliphatic carbocycles. The number of nitrogens with one attached hydrogen (secondary N) is 1. The fourth-order valence-corrected chi connectivity index (χ4v) is 4.92. The summed E-state index contributed by atoms with van der Waals surface area (Å²) in [4.78, 5) is 20.8. The van der Waals surface area contributed by atoms with Crippen LogP contribution >= 0.6 is 0 Å². The summed E-state index contributed by atoms with van der Waals surface area (Å²) in [6, 6.07) is 28.8. The lowest BCUT2D eigenvalue weighted by molar-refractivity contribution is -0.384. The third kappa shape index (κ3) is 4.59. The van der Waals surface area contributed by atoms with E-state index in [2.05, 4.69) is 42.5 Å². The zero-order chi connectivity index (χ0) is 25.9. The fraction of sp³-hybridized carbons (Fsp3) is 0.179. The monoisotopic (exact) mass is 506 g/mol. The highest BCUT2D eigenvalue weighted by Gasteiger charge is 2.27. The van der Waals surface area contributed by atoms with Gasteiger partial charge in [0.05, 0.1) is 10.4 Å². The van der Waals surface area contributed by atoms with Gasteiger partial charge in [0.2, 0.25) is 0 Å². The van der Waals surface area contributed by atoms with Crippen LogP contribution in [0.25, 0.3) is 11.0 Å². The lowest BCUT2D eigenvalue weighted by Gasteiger charge is -2.37. The van der Waals surface area contributed by atoms with Gasteiger partial charge in [-0.3, -0.25) is 10.1 Å². The van der Waals surface area contributed by atoms with Gasteiger partial charge in [-0.05, 0) is 42.5 Å². The van der Waals surface area contributed by atoms with E-state index in [0.29, 0.717) is 30.2 Å². The number of nitro groups is 1. The van der Waals surface area contributed by atoms with Gasteiger partial charge in [-0.25, -0.2) is 9.67 Å². The van der Waals surface area contributed by atoms with Crippen LogP contribution in [0.5, 0.6) is 0 Å². The summed E-state index contributed by atoms with van der Waals surface area (Å²) >= 11 is 0. The molecule has 0 bridgehead atoms. The van der Waals surface area contributed by atoms with Crippen molar-refractivity contribution in [1.82, 2.24) is 20.0 Å². The molecule has 1 aliphatic heterocycles. The third-order valence-corrected chi connectivity index (χ3v) is 6.83. The molecule has 38 heavy (non-hydrogen) atoms. The summed E-state index contributed by atoms with van der Waals surface area (Å²) in [6.45, 7) is 2.96. The van der Waals surface area contributed by atoms with E-state index >= 15 is 0 Å². The molecular formula is C28H26N8O2. The van der Waals surface area contributed by atoms with Gasteiger partial charge in [-0.1, -0.05) is 47.7 Å². The second-order valence-corrected chi connectivity index (χ2v) is 9.10. The molecule has 1 atom stereocenters. The second-order valence-electron chi connectivity index (χ2n) is 9.10. The van der Waals surface area contributed by atoms with Gasteiger partial charge in [0.1, 0.15) is 23.2 Å². The van der Waals surface area contributed by atoms with Crippen molar-refractivity contribution in [2.24, 2.45) is 0 Å². The van der Waals surface area contributed by atoms with Gasteiger partial charge in [-0.15, -0.1) is 5.10 Å². The molecule has 3 aromatic carbocycles. The Morgan fingerprint density at radius 1 is 0.842 bits per heavy atom. The number of nitrogens with zero attached hydrogens (tertiary/aromatic N) is 7. The van der Waals surface area contributed by atoms with Crippen molar-refractivity contribution < 1.29 is 4.92 Å². The number of pyridine rings is 1. The second kappa shape index (κ2) is 10.2. The zero-order valence-electron chi connectivity index (χ0n) is 20.6. The van der Waals surface area contributed by atoms with Crippen LogP contribution in [0.3, 0.4) is 0 Å². The molecule has 190 valence electrons. The molecule has 1 saturated heterocycles. The number of hydrogen-bond acceptors (Lipinski definition) is 8. The first kappa shape index (κ1) is 23.4. The van der Waals surface area contributed by atoms with E-state index in [9.17, 15) is 10.1 Å². The number of aromatic nitrogens is 4. The van der Waals surface area contributed by atoms with Crippen LogP contribution in [0, 0.1) is 10.1 Å². The number of piperazine rings is 1. The van der Waals surface area contributed by atoms with Crippen LogP contribution in [-0.4, -0.2) is 51.1 Å². The summed E-state index contributed by atoms with van der Waals surface area (Å²) in [5.74, 6) is 0.626. The Kier molecular flexibility index (Phi) is 6.27. The van der Waals surface area contributed by atoms with Crippen molar-refractivity contribution in [2.75, 3.05) is 41.3 Å². The van der Waals surface area contributed by atoms with Gasteiger partial charge in [-0.2, -0.15) is 0 Å². The standard InChI is InChI=1S/C28H26N8O2/c37-36(38)26-20-21(13-14-25(26)34-18-16-33(17-19-34)22-8-2-1-3-9-22)28(30-27-12-6-7-15-29-27)35-24-11-5-4-10-23(24)31-32-35/h1-15,20,28H,16-19H2,(H,29,30)/t28-/m1/s1. The van der Waals surface area contributed by atoms with Gasteiger partial charge in [0.15, 0.2) is 0 Å². The van der Waals surface area contributed by atoms with Crippen LogP contribution < -0.4 is 15.1 Å². The van der Waals surface area contributed by atoms with E-state index in [1.807, 2.05) is 72.8 Å². The molecule has 0 unspecified atom stereocenters. The quantitative estimate of drug-likeness (QED) is 0.250. The van der Waals surface area contributed by atoms with E-state index in [1.165, 1.54) is 5.69 Å². The molecule has 10 heteroatoms. The molecule has 5 aromatic rings. The number of benzene rings is 3. The van der Waals surface area contributed by atoms with E-state index in [1.54, 1.807) is 16.9 Å². The minimum absolute atomic E-state index is 0.0629. The molecule has 0 saturated carbocycles. The summed E-state index contributed by atoms with van der Waals surface area (Å²) in [5.41, 5.74) is 4.08. The molecule has 0 amide bonds. The molecule has 0 radical (unpaired) electrons. The number of para-hydroxylation sites is 2. The Bertz CT molecular complexity index is 1550. The average molecular weight is 507 g/mol. The van der Waals surface area contributed by atoms with Crippen molar-refractivity contribution in [3.8, 4) is 0 Å². The lowest BCUT2D eigenvalue weighted by atomic mass is 10.1. The van der Waals surface area contributed by atoms with Gasteiger partial charge in [0, 0.05) is 49.7 Å². The Labute approximate surface area is 219 Å². The highest BCUT2D eigenvalue weighted by Crippen LogP contribution is 2.34. The Morgan fingerprint density at radius 3 is 2.34 bits per heavy atom. The first-order valence-corrected chi connectivity index (χ1v) is 12.5. The molecule has 0 spiro atoms. The molecule has 6 rings (SSSR count). The highest BCUT2D eigenvalue weighted by atomic mass is 16.6. The highest BCUT2D eigenvalue weighted by molar-refractivity contribution is 5.74. The number of rotatable bonds is 7. The van der Waals surface area contributed by atoms with Gasteiger partial charge < -0.3 is 15.1 Å². The number of anilines is 3. The number of hydrogen-bond donors (Lipinski definition) is 1. The predicted molar refractivity (Wildman–Crippen MR) is 147 cm³/mol. The topological polar surface area (TPSA) is 105 Å². The van der Waals surface area contributed by atoms with Crippen LogP contribution in [0.15, 0.2) is 97.2 Å². The third-order valence-electron chi connectivity index (χ3n) is 6.83. The van der Waals surface area contributed by atoms with Crippen molar-refractivity contribution in [3.05, 3.63) is 113 Å². The predicted octanol–water partition coefficient (Wildman–Crippen LogP) is 4.72. The maximum absolute atomic E-state index is 12.3. The van der Waals surface area contributed by atoms with E-state index in [0.717, 1.165) is 24.1 Å². The molecule has 1 N–H and O–H groups in total. The van der Waals surface area contributed by atoms with Crippen molar-refractivity contribution >= 4 is 33.9 Å². The van der Waals surface area contributed by atoms with Crippen molar-refractivity contribution in [1.29, 1.82) is 0 Å². The molecule has 3 heterocycles. The van der Waals surface area contributed by atoms with E-state index in [4.69, 9.17) is 0 Å². The SMILES string of the molecule is O=[N+]([O-])c1cc([C@H](Nc2ccccn2)n2nnc3ccccc32)ccc1N1CCN(c2ccccc2)CC1. The molecule has 1 fully saturated rings. The first-order chi connectivity index (χ1) is 18.7. The van der Waals surface area contributed by atoms with E-state index in [-0.39, 0.29) is 10.6 Å². The zero-order valence-corrected chi connectivity index (χ0v) is 20.6. The van der Waals surface area contributed by atoms with E-state index < -0.39 is 6.17 Å². The molecule has 10 nitrogen and oxygen atoms in total. The molecule has 2 aromatic heterocycles. The van der Waals surface area contributed by atoms with Crippen molar-refractivity contribution in [3.63, 3.8) is 0 Å². The van der Waals surface area contributed by atoms with Crippen molar-refractivity contribution in [2.45, 2.75) is 6.17 Å². The summed E-state index contributed by atoms with van der Waals surface area (Å²) in [5, 5.41) is 24.3. The summed E-state index contributed by atoms with van der Waals surface area (Å²) < 4.78 is 1.74. The largest absolute Gasteiger partial charge is 0.368 e.